The molecule has 1 aromatic carbocycles. The lowest BCUT2D eigenvalue weighted by atomic mass is 10.1. The van der Waals surface area contributed by atoms with Crippen molar-refractivity contribution in [1.29, 1.82) is 0 Å². The van der Waals surface area contributed by atoms with E-state index in [0.29, 0.717) is 19.1 Å². The molecule has 1 aliphatic carbocycles. The van der Waals surface area contributed by atoms with E-state index >= 15 is 0 Å². The van der Waals surface area contributed by atoms with Gasteiger partial charge in [0.25, 0.3) is 0 Å². The summed E-state index contributed by atoms with van der Waals surface area (Å²) in [6.07, 6.45) is 7.85. The summed E-state index contributed by atoms with van der Waals surface area (Å²) in [5.74, 6) is 1.08. The number of anilines is 1. The summed E-state index contributed by atoms with van der Waals surface area (Å²) in [7, 11) is 2.06. The molecule has 3 rings (SSSR count). The van der Waals surface area contributed by atoms with E-state index in [-0.39, 0.29) is 11.9 Å². The number of nitrogens with one attached hydrogen (secondary N) is 1. The van der Waals surface area contributed by atoms with Gasteiger partial charge in [0, 0.05) is 13.1 Å². The van der Waals surface area contributed by atoms with Gasteiger partial charge < -0.3 is 15.0 Å². The van der Waals surface area contributed by atoms with Crippen molar-refractivity contribution in [3.8, 4) is 5.75 Å². The summed E-state index contributed by atoms with van der Waals surface area (Å²) in [5.41, 5.74) is 2.27. The summed E-state index contributed by atoms with van der Waals surface area (Å²) in [6, 6.07) is 6.71. The number of ether oxygens (including phenoxy) is 1. The topological polar surface area (TPSA) is 41.6 Å². The highest BCUT2D eigenvalue weighted by Crippen LogP contribution is 2.34. The number of fused-ring (bicyclic) bond motifs is 1. The maximum absolute atomic E-state index is 12.4. The summed E-state index contributed by atoms with van der Waals surface area (Å²) >= 11 is 0. The van der Waals surface area contributed by atoms with Crippen LogP contribution in [0, 0.1) is 6.92 Å². The minimum absolute atomic E-state index is 0.107. The van der Waals surface area contributed by atoms with Crippen molar-refractivity contribution in [2.75, 3.05) is 18.6 Å². The quantitative estimate of drug-likeness (QED) is 0.869. The first-order valence-electron chi connectivity index (χ1n) is 8.89. The average Bonchev–Trinajstić information content (AvgIpc) is 2.78. The molecular weight excluding hydrogens is 288 g/mol. The number of hydrogen-bond acceptors (Lipinski definition) is 3. The normalized spacial score (nSPS) is 22.0. The minimum Gasteiger partial charge on any atom is -0.489 e. The second-order valence-electron chi connectivity index (χ2n) is 7.01. The highest BCUT2D eigenvalue weighted by atomic mass is 16.5. The summed E-state index contributed by atoms with van der Waals surface area (Å²) in [6.45, 7) is 2.64. The smallest absolute Gasteiger partial charge is 0.222 e. The van der Waals surface area contributed by atoms with Gasteiger partial charge in [0.2, 0.25) is 5.91 Å². The van der Waals surface area contributed by atoms with E-state index in [2.05, 4.69) is 42.4 Å². The predicted octanol–water partition coefficient (Wildman–Crippen LogP) is 3.42. The lowest BCUT2D eigenvalue weighted by Crippen LogP contribution is -2.45. The molecule has 4 heteroatoms. The van der Waals surface area contributed by atoms with Crippen LogP contribution in [0.25, 0.3) is 0 Å². The Morgan fingerprint density at radius 1 is 1.26 bits per heavy atom. The highest BCUT2D eigenvalue weighted by Gasteiger charge is 2.27. The van der Waals surface area contributed by atoms with Gasteiger partial charge in [0.1, 0.15) is 12.4 Å². The molecule has 1 heterocycles. The van der Waals surface area contributed by atoms with Crippen LogP contribution in [0.1, 0.15) is 50.5 Å². The molecule has 1 unspecified atom stereocenters. The van der Waals surface area contributed by atoms with E-state index in [1.807, 2.05) is 0 Å². The standard InChI is InChI=1S/C19H28N2O2/c1-14-9-10-17-18(11-14)23-13-16(21(17)2)12-19(22)20-15-7-5-3-4-6-8-15/h9-11,15-16H,3-8,12-13H2,1-2H3,(H,20,22). The van der Waals surface area contributed by atoms with Gasteiger partial charge in [-0.25, -0.2) is 0 Å². The second kappa shape index (κ2) is 7.24. The van der Waals surface area contributed by atoms with Crippen LogP contribution in [-0.2, 0) is 4.79 Å². The van der Waals surface area contributed by atoms with Crippen molar-refractivity contribution >= 4 is 11.6 Å². The molecule has 0 bridgehead atoms. The zero-order valence-corrected chi connectivity index (χ0v) is 14.3. The molecule has 0 saturated heterocycles. The Kier molecular flexibility index (Phi) is 5.09. The van der Waals surface area contributed by atoms with Crippen LogP contribution in [0.3, 0.4) is 0 Å². The van der Waals surface area contributed by atoms with Crippen LogP contribution < -0.4 is 15.0 Å². The van der Waals surface area contributed by atoms with Crippen molar-refractivity contribution in [3.63, 3.8) is 0 Å². The minimum atomic E-state index is 0.107. The summed E-state index contributed by atoms with van der Waals surface area (Å²) in [4.78, 5) is 14.6. The number of aryl methyl sites for hydroxylation is 1. The molecule has 1 fully saturated rings. The molecule has 1 atom stereocenters. The first kappa shape index (κ1) is 16.2. The van der Waals surface area contributed by atoms with E-state index in [4.69, 9.17) is 4.74 Å². The predicted molar refractivity (Wildman–Crippen MR) is 93.1 cm³/mol. The third-order valence-corrected chi connectivity index (χ3v) is 5.12. The molecular formula is C19H28N2O2. The molecule has 23 heavy (non-hydrogen) atoms. The number of nitrogens with zero attached hydrogens (tertiary/aromatic N) is 1. The van der Waals surface area contributed by atoms with E-state index < -0.39 is 0 Å². The molecule has 1 amide bonds. The van der Waals surface area contributed by atoms with Crippen molar-refractivity contribution in [3.05, 3.63) is 23.8 Å². The molecule has 2 aliphatic rings. The Morgan fingerprint density at radius 2 is 2.00 bits per heavy atom. The van der Waals surface area contributed by atoms with Crippen LogP contribution in [0.15, 0.2) is 18.2 Å². The zero-order valence-electron chi connectivity index (χ0n) is 14.3. The number of benzene rings is 1. The molecule has 0 radical (unpaired) electrons. The SMILES string of the molecule is Cc1ccc2c(c1)OCC(CC(=O)NC1CCCCCC1)N2C. The van der Waals surface area contributed by atoms with Crippen molar-refractivity contribution < 1.29 is 9.53 Å². The van der Waals surface area contributed by atoms with E-state index in [1.165, 1.54) is 31.2 Å². The lowest BCUT2D eigenvalue weighted by molar-refractivity contribution is -0.122. The Balaban J connectivity index is 1.57. The molecule has 1 saturated carbocycles. The largest absolute Gasteiger partial charge is 0.489 e. The van der Waals surface area contributed by atoms with Gasteiger partial charge in [-0.1, -0.05) is 31.7 Å². The third kappa shape index (κ3) is 3.98. The second-order valence-corrected chi connectivity index (χ2v) is 7.01. The molecule has 1 aromatic rings. The fraction of sp³-hybridized carbons (Fsp3) is 0.632. The fourth-order valence-electron chi connectivity index (χ4n) is 3.64. The molecule has 0 aromatic heterocycles. The van der Waals surface area contributed by atoms with Gasteiger partial charge in [-0.2, -0.15) is 0 Å². The first-order valence-corrected chi connectivity index (χ1v) is 8.89. The van der Waals surface area contributed by atoms with Gasteiger partial charge in [-0.3, -0.25) is 4.79 Å². The van der Waals surface area contributed by atoms with Crippen LogP contribution in [0.2, 0.25) is 0 Å². The van der Waals surface area contributed by atoms with Crippen molar-refractivity contribution in [2.45, 2.75) is 64.0 Å². The van der Waals surface area contributed by atoms with Gasteiger partial charge in [-0.05, 0) is 37.5 Å². The average molecular weight is 316 g/mol. The molecule has 126 valence electrons. The third-order valence-electron chi connectivity index (χ3n) is 5.12. The Hall–Kier alpha value is -1.71. The number of rotatable bonds is 3. The molecule has 1 N–H and O–H groups in total. The van der Waals surface area contributed by atoms with E-state index in [0.717, 1.165) is 24.3 Å². The lowest BCUT2D eigenvalue weighted by Gasteiger charge is -2.36. The van der Waals surface area contributed by atoms with Crippen LogP contribution in [-0.4, -0.2) is 31.6 Å². The molecule has 1 aliphatic heterocycles. The molecule has 0 spiro atoms. The Morgan fingerprint density at radius 3 is 2.74 bits per heavy atom. The Labute approximate surface area is 139 Å². The number of carbonyl (C=O) groups is 1. The monoisotopic (exact) mass is 316 g/mol. The van der Waals surface area contributed by atoms with Gasteiger partial charge in [0.15, 0.2) is 0 Å². The van der Waals surface area contributed by atoms with Crippen LogP contribution in [0.5, 0.6) is 5.75 Å². The van der Waals surface area contributed by atoms with Crippen LogP contribution in [0.4, 0.5) is 5.69 Å². The Bertz CT molecular complexity index is 550. The number of hydrogen-bond donors (Lipinski definition) is 1. The summed E-state index contributed by atoms with van der Waals surface area (Å²) in [5, 5.41) is 3.24. The maximum atomic E-state index is 12.4. The van der Waals surface area contributed by atoms with E-state index in [1.54, 1.807) is 0 Å². The zero-order chi connectivity index (χ0) is 16.2. The fourth-order valence-corrected chi connectivity index (χ4v) is 3.64. The first-order chi connectivity index (χ1) is 11.1. The van der Waals surface area contributed by atoms with Crippen LogP contribution >= 0.6 is 0 Å². The van der Waals surface area contributed by atoms with Gasteiger partial charge >= 0.3 is 0 Å². The maximum Gasteiger partial charge on any atom is 0.222 e. The van der Waals surface area contributed by atoms with Crippen molar-refractivity contribution in [2.24, 2.45) is 0 Å². The van der Waals surface area contributed by atoms with Crippen molar-refractivity contribution in [1.82, 2.24) is 5.32 Å². The van der Waals surface area contributed by atoms with E-state index in [9.17, 15) is 4.79 Å². The number of likely N-dealkylation sites (N-methyl/N-ethyl adjacent to an activating group) is 1. The number of carbonyl (C=O) groups excluding carboxylic acids is 1. The number of amides is 1. The van der Waals surface area contributed by atoms with Gasteiger partial charge in [-0.15, -0.1) is 0 Å². The van der Waals surface area contributed by atoms with Gasteiger partial charge in [0.05, 0.1) is 18.2 Å². The highest BCUT2D eigenvalue weighted by molar-refractivity contribution is 5.78. The molecule has 4 nitrogen and oxygen atoms in total. The summed E-state index contributed by atoms with van der Waals surface area (Å²) < 4.78 is 5.88.